The summed E-state index contributed by atoms with van der Waals surface area (Å²) in [5.41, 5.74) is 4.81. The highest BCUT2D eigenvalue weighted by Gasteiger charge is 2.37. The van der Waals surface area contributed by atoms with E-state index >= 15 is 0 Å². The van der Waals surface area contributed by atoms with Gasteiger partial charge in [0, 0.05) is 43.0 Å². The van der Waals surface area contributed by atoms with Gasteiger partial charge in [-0.25, -0.2) is 0 Å². The normalized spacial score (nSPS) is 19.8. The van der Waals surface area contributed by atoms with Crippen LogP contribution in [0.2, 0.25) is 0 Å². The van der Waals surface area contributed by atoms with E-state index in [1.807, 2.05) is 66.4 Å². The van der Waals surface area contributed by atoms with Gasteiger partial charge in [0.15, 0.2) is 0 Å². The summed E-state index contributed by atoms with van der Waals surface area (Å²) < 4.78 is 0. The highest BCUT2D eigenvalue weighted by atomic mass is 16.2. The molecule has 5 nitrogen and oxygen atoms in total. The van der Waals surface area contributed by atoms with E-state index in [-0.39, 0.29) is 23.8 Å². The van der Waals surface area contributed by atoms with Crippen LogP contribution in [0.3, 0.4) is 0 Å². The number of rotatable bonds is 6. The molecule has 5 rings (SSSR count). The van der Waals surface area contributed by atoms with Crippen LogP contribution in [0.1, 0.15) is 59.6 Å². The first kappa shape index (κ1) is 24.1. The zero-order valence-corrected chi connectivity index (χ0v) is 21.0. The lowest BCUT2D eigenvalue weighted by atomic mass is 9.81. The molecule has 36 heavy (non-hydrogen) atoms. The summed E-state index contributed by atoms with van der Waals surface area (Å²) >= 11 is 0. The highest BCUT2D eigenvalue weighted by molar-refractivity contribution is 5.96. The standard InChI is InChI=1S/C31H35N3O2/c1-23-11-5-6-17-28(23)31(36)34-20-10-14-25(30(34)24-12-3-2-4-13-24)21-29(35)32-26-15-9-16-27(22-26)33-18-7-8-19-33/h2-6,9,11-13,15-17,22,25,30H,7-8,10,14,18-21H2,1H3,(H,32,35). The van der Waals surface area contributed by atoms with Gasteiger partial charge in [-0.05, 0) is 73.9 Å². The van der Waals surface area contributed by atoms with Crippen LogP contribution >= 0.6 is 0 Å². The maximum atomic E-state index is 13.7. The monoisotopic (exact) mass is 481 g/mol. The van der Waals surface area contributed by atoms with Crippen LogP contribution in [-0.2, 0) is 4.79 Å². The van der Waals surface area contributed by atoms with E-state index in [0.717, 1.165) is 48.3 Å². The summed E-state index contributed by atoms with van der Waals surface area (Å²) in [6.07, 6.45) is 4.63. The molecule has 2 aliphatic heterocycles. The Balaban J connectivity index is 1.36. The molecule has 0 aromatic heterocycles. The van der Waals surface area contributed by atoms with Crippen LogP contribution in [0, 0.1) is 12.8 Å². The third kappa shape index (κ3) is 5.30. The number of hydrogen-bond acceptors (Lipinski definition) is 3. The Morgan fingerprint density at radius 3 is 2.39 bits per heavy atom. The van der Waals surface area contributed by atoms with Crippen molar-refractivity contribution in [3.8, 4) is 0 Å². The van der Waals surface area contributed by atoms with Crippen molar-refractivity contribution in [1.29, 1.82) is 0 Å². The van der Waals surface area contributed by atoms with Crippen LogP contribution in [0.25, 0.3) is 0 Å². The van der Waals surface area contributed by atoms with E-state index in [2.05, 4.69) is 34.5 Å². The summed E-state index contributed by atoms with van der Waals surface area (Å²) in [6.45, 7) is 4.82. The molecule has 0 bridgehead atoms. The van der Waals surface area contributed by atoms with E-state index in [0.29, 0.717) is 13.0 Å². The summed E-state index contributed by atoms with van der Waals surface area (Å²) in [6, 6.07) is 26.0. The second-order valence-corrected chi connectivity index (χ2v) is 10.1. The number of piperidine rings is 1. The molecule has 186 valence electrons. The van der Waals surface area contributed by atoms with Crippen LogP contribution in [0.4, 0.5) is 11.4 Å². The van der Waals surface area contributed by atoms with Gasteiger partial charge >= 0.3 is 0 Å². The lowest BCUT2D eigenvalue weighted by Crippen LogP contribution is -2.44. The molecule has 3 aromatic rings. The van der Waals surface area contributed by atoms with Gasteiger partial charge in [-0.3, -0.25) is 9.59 Å². The minimum atomic E-state index is -0.131. The van der Waals surface area contributed by atoms with Gasteiger partial charge in [0.1, 0.15) is 0 Å². The first-order chi connectivity index (χ1) is 17.6. The summed E-state index contributed by atoms with van der Waals surface area (Å²) in [7, 11) is 0. The van der Waals surface area contributed by atoms with Gasteiger partial charge in [-0.15, -0.1) is 0 Å². The van der Waals surface area contributed by atoms with Gasteiger partial charge in [0.25, 0.3) is 5.91 Å². The summed E-state index contributed by atoms with van der Waals surface area (Å²) in [5, 5.41) is 3.14. The Labute approximate surface area is 214 Å². The largest absolute Gasteiger partial charge is 0.371 e. The summed E-state index contributed by atoms with van der Waals surface area (Å²) in [4.78, 5) is 31.3. The number of aryl methyl sites for hydroxylation is 1. The molecule has 1 N–H and O–H groups in total. The quantitative estimate of drug-likeness (QED) is 0.455. The fourth-order valence-corrected chi connectivity index (χ4v) is 5.79. The molecular formula is C31H35N3O2. The molecule has 2 atom stereocenters. The van der Waals surface area contributed by atoms with Crippen molar-refractivity contribution in [2.45, 2.75) is 45.1 Å². The number of amides is 2. The number of benzene rings is 3. The second kappa shape index (κ2) is 11.0. The minimum absolute atomic E-state index is 0.00435. The predicted molar refractivity (Wildman–Crippen MR) is 145 cm³/mol. The Kier molecular flexibility index (Phi) is 7.36. The molecule has 2 fully saturated rings. The second-order valence-electron chi connectivity index (χ2n) is 10.1. The molecule has 2 heterocycles. The van der Waals surface area contributed by atoms with Crippen molar-refractivity contribution in [3.05, 3.63) is 95.6 Å². The average molecular weight is 482 g/mol. The van der Waals surface area contributed by atoms with Crippen molar-refractivity contribution in [2.75, 3.05) is 29.9 Å². The van der Waals surface area contributed by atoms with Crippen molar-refractivity contribution in [1.82, 2.24) is 4.90 Å². The van der Waals surface area contributed by atoms with Gasteiger partial charge < -0.3 is 15.1 Å². The van der Waals surface area contributed by atoms with Gasteiger partial charge in [-0.2, -0.15) is 0 Å². The number of nitrogens with zero attached hydrogens (tertiary/aromatic N) is 2. The Morgan fingerprint density at radius 2 is 1.61 bits per heavy atom. The third-order valence-electron chi connectivity index (χ3n) is 7.58. The van der Waals surface area contributed by atoms with Gasteiger partial charge in [0.2, 0.25) is 5.91 Å². The van der Waals surface area contributed by atoms with Crippen molar-refractivity contribution < 1.29 is 9.59 Å². The van der Waals surface area contributed by atoms with E-state index in [4.69, 9.17) is 0 Å². The van der Waals surface area contributed by atoms with Crippen molar-refractivity contribution in [2.24, 2.45) is 5.92 Å². The van der Waals surface area contributed by atoms with Crippen LogP contribution in [0.15, 0.2) is 78.9 Å². The smallest absolute Gasteiger partial charge is 0.254 e. The molecule has 3 aromatic carbocycles. The molecule has 0 radical (unpaired) electrons. The molecule has 2 unspecified atom stereocenters. The fraction of sp³-hybridized carbons (Fsp3) is 0.355. The van der Waals surface area contributed by atoms with Crippen molar-refractivity contribution >= 4 is 23.2 Å². The molecule has 0 spiro atoms. The van der Waals surface area contributed by atoms with E-state index in [1.54, 1.807) is 0 Å². The van der Waals surface area contributed by atoms with Crippen LogP contribution in [0.5, 0.6) is 0 Å². The Bertz CT molecular complexity index is 1200. The van der Waals surface area contributed by atoms with E-state index in [1.165, 1.54) is 18.5 Å². The zero-order valence-electron chi connectivity index (χ0n) is 21.0. The number of nitrogens with one attached hydrogen (secondary N) is 1. The lowest BCUT2D eigenvalue weighted by Gasteiger charge is -2.42. The maximum absolute atomic E-state index is 13.7. The molecule has 5 heteroatoms. The van der Waals surface area contributed by atoms with Gasteiger partial charge in [-0.1, -0.05) is 54.6 Å². The number of hydrogen-bond donors (Lipinski definition) is 1. The minimum Gasteiger partial charge on any atom is -0.371 e. The SMILES string of the molecule is Cc1ccccc1C(=O)N1CCCC(CC(=O)Nc2cccc(N3CCCC3)c2)C1c1ccccc1. The highest BCUT2D eigenvalue weighted by Crippen LogP contribution is 2.39. The van der Waals surface area contributed by atoms with E-state index in [9.17, 15) is 9.59 Å². The van der Waals surface area contributed by atoms with Crippen LogP contribution < -0.4 is 10.2 Å². The van der Waals surface area contributed by atoms with E-state index < -0.39 is 0 Å². The number of carbonyl (C=O) groups is 2. The van der Waals surface area contributed by atoms with Crippen molar-refractivity contribution in [3.63, 3.8) is 0 Å². The molecule has 0 aliphatic carbocycles. The Morgan fingerprint density at radius 1 is 0.861 bits per heavy atom. The average Bonchev–Trinajstić information content (AvgIpc) is 3.44. The molecule has 2 saturated heterocycles. The fourth-order valence-electron chi connectivity index (χ4n) is 5.79. The third-order valence-corrected chi connectivity index (χ3v) is 7.58. The first-order valence-electron chi connectivity index (χ1n) is 13.2. The number of likely N-dealkylation sites (tertiary alicyclic amines) is 1. The van der Waals surface area contributed by atoms with Crippen LogP contribution in [-0.4, -0.2) is 36.3 Å². The molecular weight excluding hydrogens is 446 g/mol. The summed E-state index contributed by atoms with van der Waals surface area (Å²) in [5.74, 6) is 0.103. The van der Waals surface area contributed by atoms with Gasteiger partial charge in [0.05, 0.1) is 6.04 Å². The topological polar surface area (TPSA) is 52.7 Å². The molecule has 2 amide bonds. The molecule has 0 saturated carbocycles. The lowest BCUT2D eigenvalue weighted by molar-refractivity contribution is -0.118. The first-order valence-corrected chi connectivity index (χ1v) is 13.2. The maximum Gasteiger partial charge on any atom is 0.254 e. The number of carbonyl (C=O) groups excluding carboxylic acids is 2. The zero-order chi connectivity index (χ0) is 24.9. The molecule has 2 aliphatic rings. The predicted octanol–water partition coefficient (Wildman–Crippen LogP) is 6.22. The Hall–Kier alpha value is -3.60. The number of anilines is 2.